The number of quaternary nitrogens is 1. The van der Waals surface area contributed by atoms with Gasteiger partial charge in [0, 0.05) is 28.1 Å². The molecule has 7 rings (SSSR count). The van der Waals surface area contributed by atoms with Crippen LogP contribution in [-0.4, -0.2) is 4.57 Å². The van der Waals surface area contributed by atoms with E-state index in [4.69, 9.17) is 0 Å². The predicted molar refractivity (Wildman–Crippen MR) is 133 cm³/mol. The third-order valence-corrected chi connectivity index (χ3v) is 6.66. The monoisotopic (exact) mass is 409 g/mol. The summed E-state index contributed by atoms with van der Waals surface area (Å²) in [5, 5.41) is 4.94. The molecule has 150 valence electrons. The second-order valence-electron chi connectivity index (χ2n) is 8.42. The Bertz CT molecular complexity index is 1620. The summed E-state index contributed by atoms with van der Waals surface area (Å²) in [5.74, 6) is 0. The number of nitrogens with zero attached hydrogens (tertiary/aromatic N) is 1. The quantitative estimate of drug-likeness (QED) is 0.298. The lowest BCUT2D eigenvalue weighted by Gasteiger charge is -2.10. The molecule has 0 radical (unpaired) electrons. The van der Waals surface area contributed by atoms with Crippen LogP contribution in [0.4, 0.5) is 11.4 Å². The fraction of sp³-hybridized carbons (Fsp3) is 0. The zero-order chi connectivity index (χ0) is 21.1. The summed E-state index contributed by atoms with van der Waals surface area (Å²) in [7, 11) is 0. The molecule has 2 nitrogen and oxygen atoms in total. The van der Waals surface area contributed by atoms with Crippen LogP contribution in [0.25, 0.3) is 49.7 Å². The molecule has 1 aromatic heterocycles. The number of para-hydroxylation sites is 2. The average Bonchev–Trinajstić information content (AvgIpc) is 3.41. The maximum absolute atomic E-state index is 2.43. The lowest BCUT2D eigenvalue weighted by atomic mass is 10.0. The van der Waals surface area contributed by atoms with Crippen LogP contribution in [0.3, 0.4) is 0 Å². The molecule has 2 N–H and O–H groups in total. The number of benzene rings is 5. The van der Waals surface area contributed by atoms with Gasteiger partial charge in [0.1, 0.15) is 11.2 Å². The zero-order valence-electron chi connectivity index (χ0n) is 17.5. The van der Waals surface area contributed by atoms with E-state index in [2.05, 4.69) is 125 Å². The van der Waals surface area contributed by atoms with Crippen molar-refractivity contribution in [3.63, 3.8) is 0 Å². The summed E-state index contributed by atoms with van der Waals surface area (Å²) in [5.41, 5.74) is 11.4. The van der Waals surface area contributed by atoms with Gasteiger partial charge in [0.2, 0.25) is 0 Å². The summed E-state index contributed by atoms with van der Waals surface area (Å²) in [6.07, 6.45) is 0. The Morgan fingerprint density at radius 3 is 2.09 bits per heavy atom. The molecule has 32 heavy (non-hydrogen) atoms. The minimum absolute atomic E-state index is 1.19. The normalized spacial score (nSPS) is 12.2. The summed E-state index contributed by atoms with van der Waals surface area (Å²) in [6, 6.07) is 41.5. The van der Waals surface area contributed by atoms with E-state index >= 15 is 0 Å². The molecule has 0 saturated carbocycles. The SMILES string of the molecule is c1ccc(-c2ccc(-n3c4ccccc4c4ccc5c(c43)[NH2+]c3ccccc3-5)cc2)cc1. The molecule has 0 aliphatic carbocycles. The van der Waals surface area contributed by atoms with Crippen LogP contribution in [-0.2, 0) is 0 Å². The van der Waals surface area contributed by atoms with E-state index in [-0.39, 0.29) is 0 Å². The first-order chi connectivity index (χ1) is 15.9. The lowest BCUT2D eigenvalue weighted by molar-refractivity contribution is -0.471. The Morgan fingerprint density at radius 2 is 1.22 bits per heavy atom. The van der Waals surface area contributed by atoms with Gasteiger partial charge in [-0.1, -0.05) is 78.9 Å². The van der Waals surface area contributed by atoms with Gasteiger partial charge >= 0.3 is 0 Å². The van der Waals surface area contributed by atoms with Gasteiger partial charge in [-0.15, -0.1) is 0 Å². The number of hydrogen-bond donors (Lipinski definition) is 1. The third-order valence-electron chi connectivity index (χ3n) is 6.66. The van der Waals surface area contributed by atoms with Gasteiger partial charge in [0.25, 0.3) is 0 Å². The van der Waals surface area contributed by atoms with Crippen molar-refractivity contribution in [2.45, 2.75) is 0 Å². The molecule has 1 aliphatic heterocycles. The van der Waals surface area contributed by atoms with Crippen molar-refractivity contribution in [2.75, 3.05) is 0 Å². The van der Waals surface area contributed by atoms with Crippen molar-refractivity contribution in [1.29, 1.82) is 0 Å². The summed E-state index contributed by atoms with van der Waals surface area (Å²) >= 11 is 0. The zero-order valence-corrected chi connectivity index (χ0v) is 17.5. The van der Waals surface area contributed by atoms with Gasteiger partial charge in [0.15, 0.2) is 5.69 Å². The molecule has 2 heterocycles. The maximum Gasteiger partial charge on any atom is 0.167 e. The molecule has 1 aliphatic rings. The van der Waals surface area contributed by atoms with Crippen molar-refractivity contribution in [3.05, 3.63) is 115 Å². The molecule has 5 aromatic carbocycles. The van der Waals surface area contributed by atoms with Gasteiger partial charge in [-0.3, -0.25) is 5.32 Å². The summed E-state index contributed by atoms with van der Waals surface area (Å²) in [6.45, 7) is 0. The highest BCUT2D eigenvalue weighted by Crippen LogP contribution is 2.43. The van der Waals surface area contributed by atoms with Crippen LogP contribution in [0.2, 0.25) is 0 Å². The van der Waals surface area contributed by atoms with Crippen molar-refractivity contribution in [1.82, 2.24) is 4.57 Å². The Hall–Kier alpha value is -4.14. The van der Waals surface area contributed by atoms with E-state index in [9.17, 15) is 0 Å². The first kappa shape index (κ1) is 17.5. The van der Waals surface area contributed by atoms with Crippen molar-refractivity contribution < 1.29 is 5.32 Å². The fourth-order valence-electron chi connectivity index (χ4n) is 5.19. The lowest BCUT2D eigenvalue weighted by Crippen LogP contribution is -2.69. The molecule has 0 spiro atoms. The Kier molecular flexibility index (Phi) is 3.66. The standard InChI is InChI=1S/C30H20N2/c1-2-8-20(9-3-1)21-14-16-22(17-15-21)32-28-13-7-5-11-24(28)26-19-18-25-23-10-4-6-12-27(23)31-29(25)30(26)32/h1-19,31H/p+1. The van der Waals surface area contributed by atoms with Crippen LogP contribution in [0.15, 0.2) is 115 Å². The molecular formula is C30H21N2+. The molecule has 0 atom stereocenters. The van der Waals surface area contributed by atoms with Crippen molar-refractivity contribution in [2.24, 2.45) is 0 Å². The van der Waals surface area contributed by atoms with Crippen LogP contribution in [0, 0.1) is 0 Å². The van der Waals surface area contributed by atoms with E-state index in [1.807, 2.05) is 0 Å². The van der Waals surface area contributed by atoms with E-state index in [0.29, 0.717) is 0 Å². The summed E-state index contributed by atoms with van der Waals surface area (Å²) in [4.78, 5) is 0. The third kappa shape index (κ3) is 2.44. The first-order valence-electron chi connectivity index (χ1n) is 11.0. The minimum atomic E-state index is 1.19. The molecule has 0 saturated heterocycles. The van der Waals surface area contributed by atoms with Gasteiger partial charge in [-0.05, 0) is 41.5 Å². The molecule has 0 bridgehead atoms. The highest BCUT2D eigenvalue weighted by molar-refractivity contribution is 6.15. The van der Waals surface area contributed by atoms with Crippen LogP contribution in [0.5, 0.6) is 0 Å². The van der Waals surface area contributed by atoms with Gasteiger partial charge < -0.3 is 4.57 Å². The van der Waals surface area contributed by atoms with Crippen molar-refractivity contribution in [3.8, 4) is 27.9 Å². The average molecular weight is 410 g/mol. The minimum Gasteiger partial charge on any atom is -0.304 e. The number of nitrogens with two attached hydrogens (primary N) is 1. The predicted octanol–water partition coefficient (Wildman–Crippen LogP) is 6.96. The first-order valence-corrected chi connectivity index (χ1v) is 11.0. The largest absolute Gasteiger partial charge is 0.304 e. The smallest absolute Gasteiger partial charge is 0.167 e. The van der Waals surface area contributed by atoms with Gasteiger partial charge in [0.05, 0.1) is 11.1 Å². The van der Waals surface area contributed by atoms with E-state index in [1.165, 1.54) is 61.1 Å². The van der Waals surface area contributed by atoms with Crippen molar-refractivity contribution >= 4 is 33.2 Å². The molecular weight excluding hydrogens is 388 g/mol. The van der Waals surface area contributed by atoms with Crippen LogP contribution < -0.4 is 5.32 Å². The number of hydrogen-bond acceptors (Lipinski definition) is 0. The van der Waals surface area contributed by atoms with Gasteiger partial charge in [-0.25, -0.2) is 0 Å². The highest BCUT2D eigenvalue weighted by atomic mass is 15.0. The number of aromatic nitrogens is 1. The van der Waals surface area contributed by atoms with E-state index in [0.717, 1.165) is 0 Å². The Balaban J connectivity index is 1.50. The second kappa shape index (κ2) is 6.68. The van der Waals surface area contributed by atoms with E-state index in [1.54, 1.807) is 0 Å². The van der Waals surface area contributed by atoms with Crippen LogP contribution >= 0.6 is 0 Å². The molecule has 6 aromatic rings. The molecule has 0 fully saturated rings. The Morgan fingerprint density at radius 1 is 0.500 bits per heavy atom. The van der Waals surface area contributed by atoms with E-state index < -0.39 is 0 Å². The molecule has 2 heteroatoms. The number of fused-ring (bicyclic) bond motifs is 7. The topological polar surface area (TPSA) is 21.5 Å². The maximum atomic E-state index is 2.43. The Labute approximate surface area is 186 Å². The molecule has 0 amide bonds. The fourth-order valence-corrected chi connectivity index (χ4v) is 5.19. The van der Waals surface area contributed by atoms with Crippen LogP contribution in [0.1, 0.15) is 0 Å². The highest BCUT2D eigenvalue weighted by Gasteiger charge is 2.28. The molecule has 0 unspecified atom stereocenters. The second-order valence-corrected chi connectivity index (χ2v) is 8.42. The summed E-state index contributed by atoms with van der Waals surface area (Å²) < 4.78 is 2.43. The number of rotatable bonds is 2. The van der Waals surface area contributed by atoms with Gasteiger partial charge in [-0.2, -0.15) is 0 Å².